The molecule has 0 aromatic heterocycles. The van der Waals surface area contributed by atoms with E-state index in [0.29, 0.717) is 12.5 Å². The van der Waals surface area contributed by atoms with Crippen molar-refractivity contribution < 1.29 is 9.53 Å². The van der Waals surface area contributed by atoms with Crippen LogP contribution in [0.3, 0.4) is 0 Å². The molecular formula is C17H32N2O2. The van der Waals surface area contributed by atoms with E-state index >= 15 is 0 Å². The van der Waals surface area contributed by atoms with Crippen molar-refractivity contribution >= 4 is 5.97 Å². The Morgan fingerprint density at radius 1 is 1.38 bits per heavy atom. The molecule has 1 saturated carbocycles. The quantitative estimate of drug-likeness (QED) is 0.699. The van der Waals surface area contributed by atoms with Gasteiger partial charge in [0.2, 0.25) is 0 Å². The van der Waals surface area contributed by atoms with Gasteiger partial charge in [-0.05, 0) is 71.9 Å². The highest BCUT2D eigenvalue weighted by atomic mass is 16.5. The molecule has 2 aliphatic rings. The average Bonchev–Trinajstić information content (AvgIpc) is 3.22. The van der Waals surface area contributed by atoms with Crippen LogP contribution in [0.25, 0.3) is 0 Å². The number of hydrogen-bond donors (Lipinski definition) is 1. The summed E-state index contributed by atoms with van der Waals surface area (Å²) in [6.07, 6.45) is 5.76. The average molecular weight is 296 g/mol. The highest BCUT2D eigenvalue weighted by molar-refractivity contribution is 5.82. The SMILES string of the molecule is CCCNC(CN1CCCC1(C)C)(C(=O)OCC)C1CC1. The van der Waals surface area contributed by atoms with E-state index in [0.717, 1.165) is 38.9 Å². The second-order valence-corrected chi connectivity index (χ2v) is 7.23. The molecule has 1 unspecified atom stereocenters. The number of esters is 1. The van der Waals surface area contributed by atoms with Crippen LogP contribution in [0.4, 0.5) is 0 Å². The maximum atomic E-state index is 12.7. The summed E-state index contributed by atoms with van der Waals surface area (Å²) in [5, 5.41) is 3.58. The molecule has 2 rings (SSSR count). The Labute approximate surface area is 129 Å². The van der Waals surface area contributed by atoms with Crippen molar-refractivity contribution in [3.63, 3.8) is 0 Å². The molecule has 0 aromatic rings. The number of likely N-dealkylation sites (tertiary alicyclic amines) is 1. The largest absolute Gasteiger partial charge is 0.465 e. The van der Waals surface area contributed by atoms with E-state index in [-0.39, 0.29) is 11.5 Å². The molecule has 4 nitrogen and oxygen atoms in total. The van der Waals surface area contributed by atoms with Crippen LogP contribution < -0.4 is 5.32 Å². The van der Waals surface area contributed by atoms with Crippen LogP contribution in [-0.4, -0.2) is 48.2 Å². The van der Waals surface area contributed by atoms with Gasteiger partial charge in [0.05, 0.1) is 6.61 Å². The number of nitrogens with one attached hydrogen (secondary N) is 1. The zero-order chi connectivity index (χ0) is 15.5. The molecule has 1 aliphatic heterocycles. The van der Waals surface area contributed by atoms with E-state index in [9.17, 15) is 4.79 Å². The molecule has 1 atom stereocenters. The molecule has 0 radical (unpaired) electrons. The van der Waals surface area contributed by atoms with Crippen LogP contribution in [0, 0.1) is 5.92 Å². The van der Waals surface area contributed by atoms with Gasteiger partial charge in [0.15, 0.2) is 0 Å². The predicted molar refractivity (Wildman–Crippen MR) is 85.3 cm³/mol. The van der Waals surface area contributed by atoms with Gasteiger partial charge in [-0.15, -0.1) is 0 Å². The molecule has 1 heterocycles. The van der Waals surface area contributed by atoms with Crippen molar-refractivity contribution in [2.24, 2.45) is 5.92 Å². The van der Waals surface area contributed by atoms with E-state index in [1.165, 1.54) is 12.8 Å². The van der Waals surface area contributed by atoms with E-state index in [1.807, 2.05) is 6.92 Å². The van der Waals surface area contributed by atoms with E-state index in [4.69, 9.17) is 4.74 Å². The topological polar surface area (TPSA) is 41.6 Å². The van der Waals surface area contributed by atoms with Gasteiger partial charge in [-0.25, -0.2) is 4.79 Å². The van der Waals surface area contributed by atoms with Gasteiger partial charge in [-0.2, -0.15) is 0 Å². The number of ether oxygens (including phenoxy) is 1. The number of carbonyl (C=O) groups is 1. The van der Waals surface area contributed by atoms with Crippen molar-refractivity contribution in [3.05, 3.63) is 0 Å². The lowest BCUT2D eigenvalue weighted by atomic mass is 9.90. The first-order chi connectivity index (χ1) is 9.96. The maximum Gasteiger partial charge on any atom is 0.327 e. The summed E-state index contributed by atoms with van der Waals surface area (Å²) in [7, 11) is 0. The van der Waals surface area contributed by atoms with Crippen LogP contribution in [0.15, 0.2) is 0 Å². The van der Waals surface area contributed by atoms with Crippen molar-refractivity contribution in [2.75, 3.05) is 26.2 Å². The molecule has 0 amide bonds. The molecule has 0 aromatic carbocycles. The van der Waals surface area contributed by atoms with E-state index < -0.39 is 5.54 Å². The van der Waals surface area contributed by atoms with Gasteiger partial charge in [0, 0.05) is 12.1 Å². The molecule has 4 heteroatoms. The first kappa shape index (κ1) is 16.8. The van der Waals surface area contributed by atoms with Crippen LogP contribution in [-0.2, 0) is 9.53 Å². The molecule has 1 saturated heterocycles. The smallest absolute Gasteiger partial charge is 0.327 e. The Morgan fingerprint density at radius 3 is 2.57 bits per heavy atom. The molecule has 1 aliphatic carbocycles. The molecule has 1 N–H and O–H groups in total. The summed E-state index contributed by atoms with van der Waals surface area (Å²) in [6.45, 7) is 11.9. The van der Waals surface area contributed by atoms with Crippen LogP contribution in [0.5, 0.6) is 0 Å². The van der Waals surface area contributed by atoms with Crippen LogP contribution in [0.2, 0.25) is 0 Å². The van der Waals surface area contributed by atoms with E-state index in [1.54, 1.807) is 0 Å². The zero-order valence-electron chi connectivity index (χ0n) is 14.2. The van der Waals surface area contributed by atoms with Crippen molar-refractivity contribution in [2.45, 2.75) is 70.9 Å². The van der Waals surface area contributed by atoms with Crippen LogP contribution in [0.1, 0.15) is 59.8 Å². The third-order valence-electron chi connectivity index (χ3n) is 5.12. The van der Waals surface area contributed by atoms with Gasteiger partial charge >= 0.3 is 5.97 Å². The minimum atomic E-state index is -0.492. The highest BCUT2D eigenvalue weighted by Gasteiger charge is 2.54. The Bertz CT molecular complexity index is 366. The fourth-order valence-electron chi connectivity index (χ4n) is 3.57. The number of carbonyl (C=O) groups excluding carboxylic acids is 1. The number of nitrogens with zero attached hydrogens (tertiary/aromatic N) is 1. The highest BCUT2D eigenvalue weighted by Crippen LogP contribution is 2.43. The summed E-state index contributed by atoms with van der Waals surface area (Å²) in [5.41, 5.74) is -0.297. The fraction of sp³-hybridized carbons (Fsp3) is 0.941. The minimum absolute atomic E-state index is 0.0383. The van der Waals surface area contributed by atoms with Crippen molar-refractivity contribution in [3.8, 4) is 0 Å². The number of rotatable bonds is 8. The summed E-state index contributed by atoms with van der Waals surface area (Å²) in [4.78, 5) is 15.2. The Balaban J connectivity index is 2.18. The first-order valence-electron chi connectivity index (χ1n) is 8.63. The molecule has 0 spiro atoms. The van der Waals surface area contributed by atoms with E-state index in [2.05, 4.69) is 31.0 Å². The third kappa shape index (κ3) is 3.59. The zero-order valence-corrected chi connectivity index (χ0v) is 14.2. The lowest BCUT2D eigenvalue weighted by Gasteiger charge is -2.41. The molecule has 2 fully saturated rings. The van der Waals surface area contributed by atoms with Gasteiger partial charge in [-0.3, -0.25) is 4.90 Å². The summed E-state index contributed by atoms with van der Waals surface area (Å²) in [6, 6.07) is 0. The summed E-state index contributed by atoms with van der Waals surface area (Å²) >= 11 is 0. The van der Waals surface area contributed by atoms with Crippen LogP contribution >= 0.6 is 0 Å². The van der Waals surface area contributed by atoms with Gasteiger partial charge in [-0.1, -0.05) is 6.92 Å². The van der Waals surface area contributed by atoms with Gasteiger partial charge in [0.25, 0.3) is 0 Å². The first-order valence-corrected chi connectivity index (χ1v) is 8.63. The predicted octanol–water partition coefficient (Wildman–Crippen LogP) is 2.57. The lowest BCUT2D eigenvalue weighted by molar-refractivity contribution is -0.154. The number of hydrogen-bond acceptors (Lipinski definition) is 4. The third-order valence-corrected chi connectivity index (χ3v) is 5.12. The maximum absolute atomic E-state index is 12.7. The fourth-order valence-corrected chi connectivity index (χ4v) is 3.57. The summed E-state index contributed by atoms with van der Waals surface area (Å²) < 4.78 is 5.46. The Kier molecular flexibility index (Phi) is 5.31. The normalized spacial score (nSPS) is 24.8. The lowest BCUT2D eigenvalue weighted by Crippen LogP contribution is -2.63. The molecule has 122 valence electrons. The second kappa shape index (κ2) is 6.66. The van der Waals surface area contributed by atoms with Gasteiger partial charge < -0.3 is 10.1 Å². The van der Waals surface area contributed by atoms with Crippen molar-refractivity contribution in [1.29, 1.82) is 0 Å². The molecular weight excluding hydrogens is 264 g/mol. The second-order valence-electron chi connectivity index (χ2n) is 7.23. The standard InChI is InChI=1S/C17H32N2O2/c1-5-11-18-17(14-8-9-14,15(20)21-6-2)13-19-12-7-10-16(19,3)4/h14,18H,5-13H2,1-4H3. The Hall–Kier alpha value is -0.610. The Morgan fingerprint density at radius 2 is 2.10 bits per heavy atom. The molecule has 21 heavy (non-hydrogen) atoms. The summed E-state index contributed by atoms with van der Waals surface area (Å²) in [5.74, 6) is 0.406. The monoisotopic (exact) mass is 296 g/mol. The van der Waals surface area contributed by atoms with Gasteiger partial charge in [0.1, 0.15) is 5.54 Å². The molecule has 0 bridgehead atoms. The minimum Gasteiger partial charge on any atom is -0.465 e. The van der Waals surface area contributed by atoms with Crippen molar-refractivity contribution in [1.82, 2.24) is 10.2 Å².